The molecule has 0 aliphatic rings. The minimum absolute atomic E-state index is 0.278. The normalized spacial score (nSPS) is 10.7. The molecule has 1 N–H and O–H groups in total. The predicted molar refractivity (Wildman–Crippen MR) is 65.4 cm³/mol. The van der Waals surface area contributed by atoms with Crippen molar-refractivity contribution < 1.29 is 9.47 Å². The molecular formula is C10H13BrClNO2. The average molecular weight is 295 g/mol. The first-order chi connectivity index (χ1) is 7.17. The number of benzene rings is 1. The molecule has 0 radical (unpaired) electrons. The molecule has 1 aromatic rings. The van der Waals surface area contributed by atoms with E-state index in [1.165, 1.54) is 0 Å². The van der Waals surface area contributed by atoms with Crippen LogP contribution in [-0.4, -0.2) is 27.1 Å². The highest BCUT2D eigenvalue weighted by Gasteiger charge is 2.06. The van der Waals surface area contributed by atoms with Gasteiger partial charge in [-0.1, -0.05) is 27.5 Å². The summed E-state index contributed by atoms with van der Waals surface area (Å²) in [6.07, 6.45) is -0.278. The minimum atomic E-state index is -0.278. The number of anilines is 1. The van der Waals surface area contributed by atoms with Crippen LogP contribution in [-0.2, 0) is 9.47 Å². The summed E-state index contributed by atoms with van der Waals surface area (Å²) in [6, 6.07) is 5.62. The summed E-state index contributed by atoms with van der Waals surface area (Å²) in [5.41, 5.74) is 0.852. The van der Waals surface area contributed by atoms with E-state index in [1.54, 1.807) is 14.2 Å². The Morgan fingerprint density at radius 1 is 1.40 bits per heavy atom. The molecule has 1 rings (SSSR count). The second kappa shape index (κ2) is 6.33. The maximum Gasteiger partial charge on any atom is 0.173 e. The summed E-state index contributed by atoms with van der Waals surface area (Å²) >= 11 is 9.38. The molecule has 0 saturated heterocycles. The standard InChI is InChI=1S/C10H13BrClNO2/c1-14-10(15-2)6-13-9-5-7(11)3-4-8(9)12/h3-5,10,13H,6H2,1-2H3. The van der Waals surface area contributed by atoms with E-state index >= 15 is 0 Å². The Morgan fingerprint density at radius 3 is 2.67 bits per heavy atom. The second-order valence-corrected chi connectivity index (χ2v) is 4.23. The maximum absolute atomic E-state index is 6.00. The SMILES string of the molecule is COC(CNc1cc(Br)ccc1Cl)OC. The van der Waals surface area contributed by atoms with Crippen LogP contribution in [0.15, 0.2) is 22.7 Å². The molecule has 0 aliphatic carbocycles. The van der Waals surface area contributed by atoms with Gasteiger partial charge in [0.25, 0.3) is 0 Å². The van der Waals surface area contributed by atoms with Gasteiger partial charge in [0.1, 0.15) is 0 Å². The van der Waals surface area contributed by atoms with Crippen LogP contribution in [0.1, 0.15) is 0 Å². The van der Waals surface area contributed by atoms with Crippen LogP contribution in [0.2, 0.25) is 5.02 Å². The van der Waals surface area contributed by atoms with Gasteiger partial charge in [0.2, 0.25) is 0 Å². The molecule has 84 valence electrons. The first kappa shape index (κ1) is 12.8. The van der Waals surface area contributed by atoms with Crippen molar-refractivity contribution in [1.82, 2.24) is 0 Å². The van der Waals surface area contributed by atoms with Gasteiger partial charge in [-0.05, 0) is 18.2 Å². The monoisotopic (exact) mass is 293 g/mol. The van der Waals surface area contributed by atoms with Crippen molar-refractivity contribution in [3.05, 3.63) is 27.7 Å². The van der Waals surface area contributed by atoms with E-state index in [9.17, 15) is 0 Å². The Labute approximate surface area is 103 Å². The fraction of sp³-hybridized carbons (Fsp3) is 0.400. The van der Waals surface area contributed by atoms with E-state index in [1.807, 2.05) is 18.2 Å². The first-order valence-corrected chi connectivity index (χ1v) is 5.59. The van der Waals surface area contributed by atoms with Crippen LogP contribution in [0.25, 0.3) is 0 Å². The lowest BCUT2D eigenvalue weighted by molar-refractivity contribution is -0.0914. The zero-order chi connectivity index (χ0) is 11.3. The third-order valence-electron chi connectivity index (χ3n) is 1.91. The Balaban J connectivity index is 2.60. The first-order valence-electron chi connectivity index (χ1n) is 4.42. The Hall–Kier alpha value is -0.290. The van der Waals surface area contributed by atoms with Crippen LogP contribution in [0, 0.1) is 0 Å². The molecule has 0 bridgehead atoms. The van der Waals surface area contributed by atoms with E-state index in [0.717, 1.165) is 10.2 Å². The van der Waals surface area contributed by atoms with E-state index in [4.69, 9.17) is 21.1 Å². The molecule has 0 aromatic heterocycles. The molecule has 0 spiro atoms. The van der Waals surface area contributed by atoms with Gasteiger partial charge in [-0.2, -0.15) is 0 Å². The average Bonchev–Trinajstić information content (AvgIpc) is 2.24. The highest BCUT2D eigenvalue weighted by molar-refractivity contribution is 9.10. The second-order valence-electron chi connectivity index (χ2n) is 2.91. The molecule has 0 saturated carbocycles. The number of rotatable bonds is 5. The summed E-state index contributed by atoms with van der Waals surface area (Å²) in [5, 5.41) is 3.81. The summed E-state index contributed by atoms with van der Waals surface area (Å²) in [7, 11) is 3.19. The van der Waals surface area contributed by atoms with Crippen molar-refractivity contribution in [3.8, 4) is 0 Å². The molecular weight excluding hydrogens is 281 g/mol. The molecule has 0 heterocycles. The quantitative estimate of drug-likeness (QED) is 0.846. The fourth-order valence-corrected chi connectivity index (χ4v) is 1.63. The van der Waals surface area contributed by atoms with Crippen molar-refractivity contribution in [2.75, 3.05) is 26.1 Å². The Bertz CT molecular complexity index is 318. The third kappa shape index (κ3) is 3.99. The van der Waals surface area contributed by atoms with Crippen molar-refractivity contribution in [2.45, 2.75) is 6.29 Å². The van der Waals surface area contributed by atoms with E-state index in [-0.39, 0.29) is 6.29 Å². The van der Waals surface area contributed by atoms with E-state index in [2.05, 4.69) is 21.2 Å². The van der Waals surface area contributed by atoms with Crippen LogP contribution in [0.3, 0.4) is 0 Å². The zero-order valence-corrected chi connectivity index (χ0v) is 10.9. The summed E-state index contributed by atoms with van der Waals surface area (Å²) in [4.78, 5) is 0. The van der Waals surface area contributed by atoms with Gasteiger partial charge in [0.05, 0.1) is 17.3 Å². The number of halogens is 2. The van der Waals surface area contributed by atoms with Gasteiger partial charge in [-0.25, -0.2) is 0 Å². The topological polar surface area (TPSA) is 30.5 Å². The molecule has 0 unspecified atom stereocenters. The molecule has 0 atom stereocenters. The third-order valence-corrected chi connectivity index (χ3v) is 2.74. The van der Waals surface area contributed by atoms with Crippen LogP contribution in [0.5, 0.6) is 0 Å². The van der Waals surface area contributed by atoms with Crippen LogP contribution in [0.4, 0.5) is 5.69 Å². The van der Waals surface area contributed by atoms with Crippen molar-refractivity contribution in [1.29, 1.82) is 0 Å². The van der Waals surface area contributed by atoms with Crippen LogP contribution >= 0.6 is 27.5 Å². The van der Waals surface area contributed by atoms with Crippen LogP contribution < -0.4 is 5.32 Å². The summed E-state index contributed by atoms with van der Waals surface area (Å²) in [5.74, 6) is 0. The number of methoxy groups -OCH3 is 2. The molecule has 15 heavy (non-hydrogen) atoms. The molecule has 1 aromatic carbocycles. The number of hydrogen-bond acceptors (Lipinski definition) is 3. The molecule has 5 heteroatoms. The van der Waals surface area contributed by atoms with Gasteiger partial charge >= 0.3 is 0 Å². The molecule has 3 nitrogen and oxygen atoms in total. The fourth-order valence-electron chi connectivity index (χ4n) is 1.09. The lowest BCUT2D eigenvalue weighted by atomic mass is 10.3. The van der Waals surface area contributed by atoms with E-state index < -0.39 is 0 Å². The highest BCUT2D eigenvalue weighted by Crippen LogP contribution is 2.25. The van der Waals surface area contributed by atoms with Crippen molar-refractivity contribution >= 4 is 33.2 Å². The maximum atomic E-state index is 6.00. The molecule has 0 amide bonds. The molecule has 0 aliphatic heterocycles. The number of ether oxygens (including phenoxy) is 2. The zero-order valence-electron chi connectivity index (χ0n) is 8.59. The van der Waals surface area contributed by atoms with Gasteiger partial charge in [-0.15, -0.1) is 0 Å². The van der Waals surface area contributed by atoms with Gasteiger partial charge in [0.15, 0.2) is 6.29 Å². The minimum Gasteiger partial charge on any atom is -0.379 e. The highest BCUT2D eigenvalue weighted by atomic mass is 79.9. The predicted octanol–water partition coefficient (Wildman–Crippen LogP) is 3.13. The number of hydrogen-bond donors (Lipinski definition) is 1. The van der Waals surface area contributed by atoms with E-state index in [0.29, 0.717) is 11.6 Å². The smallest absolute Gasteiger partial charge is 0.173 e. The van der Waals surface area contributed by atoms with Crippen molar-refractivity contribution in [2.24, 2.45) is 0 Å². The Kier molecular flexibility index (Phi) is 5.39. The lowest BCUT2D eigenvalue weighted by Gasteiger charge is -2.15. The van der Waals surface area contributed by atoms with Gasteiger partial charge < -0.3 is 14.8 Å². The van der Waals surface area contributed by atoms with Gasteiger partial charge in [-0.3, -0.25) is 0 Å². The largest absolute Gasteiger partial charge is 0.379 e. The Morgan fingerprint density at radius 2 is 2.07 bits per heavy atom. The summed E-state index contributed by atoms with van der Waals surface area (Å²) in [6.45, 7) is 0.545. The molecule has 0 fully saturated rings. The van der Waals surface area contributed by atoms with Crippen molar-refractivity contribution in [3.63, 3.8) is 0 Å². The summed E-state index contributed by atoms with van der Waals surface area (Å²) < 4.78 is 11.1. The van der Waals surface area contributed by atoms with Gasteiger partial charge in [0, 0.05) is 18.7 Å². The number of nitrogens with one attached hydrogen (secondary N) is 1. The lowest BCUT2D eigenvalue weighted by Crippen LogP contribution is -2.23.